The average Bonchev–Trinajstić information content (AvgIpc) is 3.20. The fraction of sp³-hybridized carbons (Fsp3) is 0.429. The molecule has 0 atom stereocenters. The highest BCUT2D eigenvalue weighted by Crippen LogP contribution is 2.29. The van der Waals surface area contributed by atoms with E-state index in [0.717, 1.165) is 45.5 Å². The van der Waals surface area contributed by atoms with Gasteiger partial charge in [-0.25, -0.2) is 4.98 Å². The van der Waals surface area contributed by atoms with Crippen molar-refractivity contribution in [2.45, 2.75) is 52.1 Å². The van der Waals surface area contributed by atoms with Crippen LogP contribution in [0, 0.1) is 9.65 Å². The molecular formula is C21H24FIN6O. The lowest BCUT2D eigenvalue weighted by Gasteiger charge is -2.12. The van der Waals surface area contributed by atoms with E-state index in [2.05, 4.69) is 62.8 Å². The second-order valence-electron chi connectivity index (χ2n) is 7.89. The summed E-state index contributed by atoms with van der Waals surface area (Å²) >= 11 is 2.30. The van der Waals surface area contributed by atoms with E-state index in [4.69, 9.17) is 5.73 Å². The fourth-order valence-electron chi connectivity index (χ4n) is 3.85. The number of nitrogens with one attached hydrogen (secondary N) is 1. The van der Waals surface area contributed by atoms with Crippen LogP contribution in [0.15, 0.2) is 12.1 Å². The van der Waals surface area contributed by atoms with E-state index in [1.807, 2.05) is 10.6 Å². The van der Waals surface area contributed by atoms with Crippen molar-refractivity contribution in [3.05, 3.63) is 44.3 Å². The Hall–Kier alpha value is -2.14. The summed E-state index contributed by atoms with van der Waals surface area (Å²) in [5.74, 6) is 0.967. The Morgan fingerprint density at radius 3 is 2.83 bits per heavy atom. The number of nitrogens with two attached hydrogens (primary N) is 1. The van der Waals surface area contributed by atoms with Gasteiger partial charge in [0.05, 0.1) is 0 Å². The Morgan fingerprint density at radius 1 is 1.27 bits per heavy atom. The molecule has 30 heavy (non-hydrogen) atoms. The zero-order chi connectivity index (χ0) is 21.4. The number of hydrogen-bond acceptors (Lipinski definition) is 6. The molecule has 2 aromatic heterocycles. The van der Waals surface area contributed by atoms with Crippen molar-refractivity contribution in [3.8, 4) is 0 Å². The highest BCUT2D eigenvalue weighted by Gasteiger charge is 2.23. The Kier molecular flexibility index (Phi) is 6.01. The maximum absolute atomic E-state index is 13.9. The van der Waals surface area contributed by atoms with E-state index in [-0.39, 0.29) is 11.6 Å². The van der Waals surface area contributed by atoms with E-state index in [1.54, 1.807) is 0 Å². The molecule has 0 amide bonds. The van der Waals surface area contributed by atoms with Crippen LogP contribution in [-0.4, -0.2) is 37.9 Å². The molecule has 0 saturated heterocycles. The molecule has 1 aromatic carbocycles. The first-order chi connectivity index (χ1) is 14.3. The number of Topliss-reactive ketones (excluding diaryl/α,β-unsaturated/α-hetero) is 1. The van der Waals surface area contributed by atoms with Gasteiger partial charge in [-0.15, -0.1) is 0 Å². The summed E-state index contributed by atoms with van der Waals surface area (Å²) < 4.78 is 16.9. The molecule has 0 bridgehead atoms. The van der Waals surface area contributed by atoms with Crippen LogP contribution in [0.4, 0.5) is 10.2 Å². The SMILES string of the molecule is CC(C)NCCCn1c(Cc2cc3c(cc2I)CCC3=O)nc2c(N)nc(F)nc21. The first-order valence-corrected chi connectivity index (χ1v) is 11.2. The van der Waals surface area contributed by atoms with Crippen molar-refractivity contribution in [1.29, 1.82) is 0 Å². The van der Waals surface area contributed by atoms with E-state index in [9.17, 15) is 9.18 Å². The van der Waals surface area contributed by atoms with Crippen LogP contribution >= 0.6 is 22.6 Å². The van der Waals surface area contributed by atoms with Crippen molar-refractivity contribution in [1.82, 2.24) is 24.8 Å². The number of aryl methyl sites for hydroxylation is 2. The molecule has 7 nitrogen and oxygen atoms in total. The highest BCUT2D eigenvalue weighted by molar-refractivity contribution is 14.1. The number of fused-ring (bicyclic) bond motifs is 2. The summed E-state index contributed by atoms with van der Waals surface area (Å²) in [5, 5.41) is 3.39. The molecule has 1 aliphatic rings. The summed E-state index contributed by atoms with van der Waals surface area (Å²) in [6.45, 7) is 5.64. The number of hydrogen-bond donors (Lipinski definition) is 2. The van der Waals surface area contributed by atoms with Gasteiger partial charge in [-0.3, -0.25) is 4.79 Å². The van der Waals surface area contributed by atoms with Gasteiger partial charge in [-0.05, 0) is 65.2 Å². The highest BCUT2D eigenvalue weighted by atomic mass is 127. The topological polar surface area (TPSA) is 98.7 Å². The predicted octanol–water partition coefficient (Wildman–Crippen LogP) is 3.26. The van der Waals surface area contributed by atoms with Crippen molar-refractivity contribution in [2.75, 3.05) is 12.3 Å². The quantitative estimate of drug-likeness (QED) is 0.281. The lowest BCUT2D eigenvalue weighted by molar-refractivity contribution is 0.0994. The molecule has 0 aliphatic heterocycles. The number of nitrogens with zero attached hydrogens (tertiary/aromatic N) is 4. The number of carbonyl (C=O) groups is 1. The number of carbonyl (C=O) groups excluding carboxylic acids is 1. The monoisotopic (exact) mass is 522 g/mol. The Morgan fingerprint density at radius 2 is 2.07 bits per heavy atom. The third kappa shape index (κ3) is 4.18. The normalized spacial score (nSPS) is 13.6. The first-order valence-electron chi connectivity index (χ1n) is 10.1. The molecule has 0 radical (unpaired) electrons. The third-order valence-electron chi connectivity index (χ3n) is 5.33. The minimum atomic E-state index is -0.856. The summed E-state index contributed by atoms with van der Waals surface area (Å²) in [4.78, 5) is 24.4. The molecule has 3 N–H and O–H groups in total. The standard InChI is InChI=1S/C21H24FIN6O/c1-11(2)25-6-3-7-29-17(26-18-19(24)27-21(22)28-20(18)29)10-13-8-14-12(9-15(13)23)4-5-16(14)30/h8-9,11,25H,3-7,10H2,1-2H3,(H2,24,27,28). The Labute approximate surface area is 187 Å². The van der Waals surface area contributed by atoms with Gasteiger partial charge in [0.1, 0.15) is 5.82 Å². The molecule has 0 saturated carbocycles. The molecule has 1 aliphatic carbocycles. The van der Waals surface area contributed by atoms with Gasteiger partial charge in [0.25, 0.3) is 0 Å². The van der Waals surface area contributed by atoms with Gasteiger partial charge in [0.2, 0.25) is 0 Å². The number of anilines is 1. The predicted molar refractivity (Wildman–Crippen MR) is 122 cm³/mol. The number of aromatic nitrogens is 4. The fourth-order valence-corrected chi connectivity index (χ4v) is 4.57. The summed E-state index contributed by atoms with van der Waals surface area (Å²) in [6, 6.07) is 4.46. The van der Waals surface area contributed by atoms with Crippen LogP contribution in [0.25, 0.3) is 11.2 Å². The second kappa shape index (κ2) is 8.54. The van der Waals surface area contributed by atoms with Gasteiger partial charge in [0, 0.05) is 34.6 Å². The smallest absolute Gasteiger partial charge is 0.312 e. The molecule has 3 aromatic rings. The molecule has 0 spiro atoms. The number of ketones is 1. The van der Waals surface area contributed by atoms with Gasteiger partial charge in [-0.2, -0.15) is 14.4 Å². The second-order valence-corrected chi connectivity index (χ2v) is 9.06. The van der Waals surface area contributed by atoms with E-state index >= 15 is 0 Å². The molecule has 0 unspecified atom stereocenters. The number of halogens is 2. The maximum Gasteiger partial charge on any atom is 0.312 e. The Bertz CT molecular complexity index is 1130. The van der Waals surface area contributed by atoms with Gasteiger partial charge < -0.3 is 15.6 Å². The number of benzene rings is 1. The summed E-state index contributed by atoms with van der Waals surface area (Å²) in [7, 11) is 0. The van der Waals surface area contributed by atoms with Crippen LogP contribution in [0.2, 0.25) is 0 Å². The number of rotatable bonds is 7. The van der Waals surface area contributed by atoms with Crippen LogP contribution in [-0.2, 0) is 19.4 Å². The van der Waals surface area contributed by atoms with Crippen molar-refractivity contribution in [2.24, 2.45) is 0 Å². The van der Waals surface area contributed by atoms with Crippen molar-refractivity contribution in [3.63, 3.8) is 0 Å². The number of nitrogen functional groups attached to an aromatic ring is 1. The maximum atomic E-state index is 13.9. The minimum Gasteiger partial charge on any atom is -0.382 e. The zero-order valence-corrected chi connectivity index (χ0v) is 19.2. The molecule has 0 fully saturated rings. The minimum absolute atomic E-state index is 0.0385. The van der Waals surface area contributed by atoms with E-state index < -0.39 is 6.08 Å². The van der Waals surface area contributed by atoms with Crippen LogP contribution < -0.4 is 11.1 Å². The van der Waals surface area contributed by atoms with Crippen LogP contribution in [0.1, 0.15) is 54.0 Å². The van der Waals surface area contributed by atoms with Crippen molar-refractivity contribution < 1.29 is 9.18 Å². The van der Waals surface area contributed by atoms with E-state index in [1.165, 1.54) is 0 Å². The summed E-state index contributed by atoms with van der Waals surface area (Å²) in [6.07, 6.45) is 1.86. The first kappa shape index (κ1) is 21.1. The number of imidazole rings is 1. The lowest BCUT2D eigenvalue weighted by atomic mass is 10.0. The Balaban J connectivity index is 1.71. The molecule has 4 rings (SSSR count). The van der Waals surface area contributed by atoms with Crippen molar-refractivity contribution >= 4 is 45.4 Å². The van der Waals surface area contributed by atoms with Gasteiger partial charge >= 0.3 is 6.08 Å². The van der Waals surface area contributed by atoms with E-state index in [0.29, 0.717) is 36.6 Å². The third-order valence-corrected chi connectivity index (χ3v) is 6.33. The molecule has 9 heteroatoms. The van der Waals surface area contributed by atoms with Crippen LogP contribution in [0.3, 0.4) is 0 Å². The lowest BCUT2D eigenvalue weighted by Crippen LogP contribution is -2.24. The molecule has 2 heterocycles. The van der Waals surface area contributed by atoms with Gasteiger partial charge in [-0.1, -0.05) is 13.8 Å². The van der Waals surface area contributed by atoms with Gasteiger partial charge in [0.15, 0.2) is 22.8 Å². The zero-order valence-electron chi connectivity index (χ0n) is 17.0. The summed E-state index contributed by atoms with van der Waals surface area (Å²) in [5.41, 5.74) is 9.68. The largest absolute Gasteiger partial charge is 0.382 e. The molecule has 158 valence electrons. The average molecular weight is 522 g/mol. The molecular weight excluding hydrogens is 498 g/mol. The van der Waals surface area contributed by atoms with Crippen LogP contribution in [0.5, 0.6) is 0 Å².